The van der Waals surface area contributed by atoms with E-state index in [9.17, 15) is 4.79 Å². The molecule has 0 bridgehead atoms. The molecule has 0 unspecified atom stereocenters. The van der Waals surface area contributed by atoms with Gasteiger partial charge in [-0.25, -0.2) is 0 Å². The molecule has 0 aliphatic heterocycles. The summed E-state index contributed by atoms with van der Waals surface area (Å²) < 4.78 is 5.70. The molecule has 1 aromatic heterocycles. The van der Waals surface area contributed by atoms with Crippen LogP contribution in [0.1, 0.15) is 48.2 Å². The van der Waals surface area contributed by atoms with Crippen molar-refractivity contribution in [1.29, 1.82) is 0 Å². The largest absolute Gasteiger partial charge is 0.494 e. The van der Waals surface area contributed by atoms with Crippen molar-refractivity contribution in [3.8, 4) is 11.4 Å². The van der Waals surface area contributed by atoms with Gasteiger partial charge in [0.25, 0.3) is 5.91 Å². The molecular weight excluding hydrogens is 458 g/mol. The minimum atomic E-state index is -0.302. The van der Waals surface area contributed by atoms with Crippen LogP contribution in [0.15, 0.2) is 60.7 Å². The van der Waals surface area contributed by atoms with Crippen LogP contribution in [0, 0.1) is 6.92 Å². The molecule has 8 heteroatoms. The Kier molecular flexibility index (Phi) is 7.72. The van der Waals surface area contributed by atoms with Gasteiger partial charge in [-0.15, -0.1) is 10.2 Å². The maximum absolute atomic E-state index is 12.7. The second-order valence-electron chi connectivity index (χ2n) is 8.30. The maximum atomic E-state index is 12.7. The van der Waals surface area contributed by atoms with Crippen LogP contribution >= 0.6 is 12.2 Å². The summed E-state index contributed by atoms with van der Waals surface area (Å²) in [6.07, 6.45) is 3.00. The topological polar surface area (TPSA) is 81.1 Å². The Hall–Kier alpha value is -3.78. The fourth-order valence-corrected chi connectivity index (χ4v) is 3.78. The lowest BCUT2D eigenvalue weighted by Crippen LogP contribution is -2.34. The molecule has 3 aromatic carbocycles. The molecular formula is C27H29N5O2S. The third-order valence-corrected chi connectivity index (χ3v) is 5.84. The first-order valence-corrected chi connectivity index (χ1v) is 12.2. The maximum Gasteiger partial charge on any atom is 0.257 e. The third-order valence-electron chi connectivity index (χ3n) is 5.64. The molecule has 0 radical (unpaired) electrons. The number of thiocarbonyl (C=S) groups is 1. The van der Waals surface area contributed by atoms with Crippen molar-refractivity contribution >= 4 is 40.0 Å². The molecule has 35 heavy (non-hydrogen) atoms. The van der Waals surface area contributed by atoms with Crippen molar-refractivity contribution in [2.75, 3.05) is 11.9 Å². The van der Waals surface area contributed by atoms with Crippen molar-refractivity contribution in [2.45, 2.75) is 40.0 Å². The van der Waals surface area contributed by atoms with Crippen molar-refractivity contribution in [3.63, 3.8) is 0 Å². The number of aromatic nitrogens is 3. The van der Waals surface area contributed by atoms with E-state index in [1.807, 2.05) is 37.3 Å². The zero-order valence-electron chi connectivity index (χ0n) is 20.2. The fourth-order valence-electron chi connectivity index (χ4n) is 3.57. The van der Waals surface area contributed by atoms with Crippen molar-refractivity contribution < 1.29 is 9.53 Å². The quantitative estimate of drug-likeness (QED) is 0.249. The number of carbonyl (C=O) groups is 1. The van der Waals surface area contributed by atoms with E-state index >= 15 is 0 Å². The smallest absolute Gasteiger partial charge is 0.257 e. The molecule has 0 saturated heterocycles. The molecule has 0 aliphatic carbocycles. The predicted octanol–water partition coefficient (Wildman–Crippen LogP) is 5.60. The monoisotopic (exact) mass is 487 g/mol. The highest BCUT2D eigenvalue weighted by molar-refractivity contribution is 7.80. The number of unbranched alkanes of at least 4 members (excludes halogenated alkanes) is 1. The lowest BCUT2D eigenvalue weighted by molar-refractivity contribution is 0.0977. The van der Waals surface area contributed by atoms with Crippen LogP contribution in [-0.2, 0) is 6.42 Å². The number of nitrogens with one attached hydrogen (secondary N) is 2. The molecule has 180 valence electrons. The number of hydrogen-bond donors (Lipinski definition) is 2. The van der Waals surface area contributed by atoms with E-state index in [2.05, 4.69) is 46.8 Å². The Bertz CT molecular complexity index is 1350. The molecule has 0 saturated carbocycles. The Balaban J connectivity index is 1.45. The van der Waals surface area contributed by atoms with Crippen LogP contribution in [0.2, 0.25) is 0 Å². The SMILES string of the molecule is CCCCOc1cccc(C(=O)NC(=S)Nc2cc3nn(-c4ccc(CC)cc4)nc3cc2C)c1. The molecule has 1 heterocycles. The summed E-state index contributed by atoms with van der Waals surface area (Å²) >= 11 is 5.40. The average molecular weight is 488 g/mol. The number of ether oxygens (including phenoxy) is 1. The number of benzene rings is 3. The third kappa shape index (κ3) is 6.02. The van der Waals surface area contributed by atoms with E-state index in [0.29, 0.717) is 17.9 Å². The number of hydrogen-bond acceptors (Lipinski definition) is 5. The summed E-state index contributed by atoms with van der Waals surface area (Å²) in [4.78, 5) is 14.3. The van der Waals surface area contributed by atoms with E-state index in [1.165, 1.54) is 5.56 Å². The van der Waals surface area contributed by atoms with Crippen LogP contribution < -0.4 is 15.4 Å². The highest BCUT2D eigenvalue weighted by Gasteiger charge is 2.12. The number of carbonyl (C=O) groups excluding carboxylic acids is 1. The second kappa shape index (κ2) is 11.1. The van der Waals surface area contributed by atoms with Gasteiger partial charge in [-0.1, -0.05) is 38.5 Å². The van der Waals surface area contributed by atoms with Crippen LogP contribution in [0.3, 0.4) is 0 Å². The Morgan fingerprint density at radius 3 is 2.49 bits per heavy atom. The van der Waals surface area contributed by atoms with Crippen LogP contribution in [0.25, 0.3) is 16.7 Å². The van der Waals surface area contributed by atoms with Gasteiger partial charge < -0.3 is 10.1 Å². The Morgan fingerprint density at radius 2 is 1.77 bits per heavy atom. The van der Waals surface area contributed by atoms with Gasteiger partial charge in [0, 0.05) is 11.3 Å². The van der Waals surface area contributed by atoms with Gasteiger partial charge in [-0.05, 0) is 85.6 Å². The summed E-state index contributed by atoms with van der Waals surface area (Å²) in [7, 11) is 0. The highest BCUT2D eigenvalue weighted by Crippen LogP contribution is 2.22. The molecule has 0 aliphatic rings. The summed E-state index contributed by atoms with van der Waals surface area (Å²) in [6, 6.07) is 19.1. The molecule has 4 rings (SSSR count). The van der Waals surface area contributed by atoms with Crippen LogP contribution in [-0.4, -0.2) is 32.6 Å². The standard InChI is InChI=1S/C27H29N5O2S/c1-4-6-14-34-22-9-7-8-20(16-22)26(33)29-27(35)28-23-17-25-24(15-18(23)3)30-32(31-25)21-12-10-19(5-2)11-13-21/h7-13,15-17H,4-6,14H2,1-3H3,(H2,28,29,33,35). The number of anilines is 1. The summed E-state index contributed by atoms with van der Waals surface area (Å²) in [5.74, 6) is 0.363. The predicted molar refractivity (Wildman–Crippen MR) is 144 cm³/mol. The summed E-state index contributed by atoms with van der Waals surface area (Å²) in [5.41, 5.74) is 5.84. The Labute approximate surface area is 210 Å². The zero-order chi connectivity index (χ0) is 24.8. The molecule has 7 nitrogen and oxygen atoms in total. The first-order chi connectivity index (χ1) is 17.0. The Morgan fingerprint density at radius 1 is 1.03 bits per heavy atom. The number of fused-ring (bicyclic) bond motifs is 1. The van der Waals surface area contributed by atoms with Crippen molar-refractivity contribution in [3.05, 3.63) is 77.4 Å². The molecule has 0 fully saturated rings. The first-order valence-electron chi connectivity index (χ1n) is 11.8. The van der Waals surface area contributed by atoms with Gasteiger partial charge in [0.2, 0.25) is 0 Å². The average Bonchev–Trinajstić information content (AvgIpc) is 3.27. The van der Waals surface area contributed by atoms with Gasteiger partial charge in [-0.3, -0.25) is 10.1 Å². The zero-order valence-corrected chi connectivity index (χ0v) is 21.0. The van der Waals surface area contributed by atoms with E-state index < -0.39 is 0 Å². The molecule has 4 aromatic rings. The molecule has 1 amide bonds. The van der Waals surface area contributed by atoms with Gasteiger partial charge in [0.15, 0.2) is 5.11 Å². The number of rotatable bonds is 8. The van der Waals surface area contributed by atoms with Crippen molar-refractivity contribution in [1.82, 2.24) is 20.3 Å². The van der Waals surface area contributed by atoms with Crippen molar-refractivity contribution in [2.24, 2.45) is 0 Å². The first kappa shape index (κ1) is 24.3. The van der Waals surface area contributed by atoms with E-state index in [4.69, 9.17) is 17.0 Å². The fraction of sp³-hybridized carbons (Fsp3) is 0.259. The lowest BCUT2D eigenvalue weighted by Gasteiger charge is -2.12. The molecule has 0 spiro atoms. The van der Waals surface area contributed by atoms with Gasteiger partial charge >= 0.3 is 0 Å². The van der Waals surface area contributed by atoms with Crippen LogP contribution in [0.4, 0.5) is 5.69 Å². The number of amides is 1. The van der Waals surface area contributed by atoms with Crippen LogP contribution in [0.5, 0.6) is 5.75 Å². The number of aryl methyl sites for hydroxylation is 2. The summed E-state index contributed by atoms with van der Waals surface area (Å²) in [5, 5.41) is 15.3. The van der Waals surface area contributed by atoms with Gasteiger partial charge in [-0.2, -0.15) is 4.80 Å². The molecule has 0 atom stereocenters. The number of nitrogens with zero attached hydrogens (tertiary/aromatic N) is 3. The summed E-state index contributed by atoms with van der Waals surface area (Å²) in [6.45, 7) is 6.81. The minimum absolute atomic E-state index is 0.206. The normalized spacial score (nSPS) is 10.8. The lowest BCUT2D eigenvalue weighted by atomic mass is 10.2. The highest BCUT2D eigenvalue weighted by atomic mass is 32.1. The van der Waals surface area contributed by atoms with E-state index in [1.54, 1.807) is 23.0 Å². The van der Waals surface area contributed by atoms with E-state index in [0.717, 1.165) is 47.2 Å². The minimum Gasteiger partial charge on any atom is -0.494 e. The van der Waals surface area contributed by atoms with Gasteiger partial charge in [0.1, 0.15) is 16.8 Å². The van der Waals surface area contributed by atoms with E-state index in [-0.39, 0.29) is 11.0 Å². The molecule has 2 N–H and O–H groups in total. The van der Waals surface area contributed by atoms with Gasteiger partial charge in [0.05, 0.1) is 12.3 Å². The second-order valence-corrected chi connectivity index (χ2v) is 8.71.